The van der Waals surface area contributed by atoms with Crippen molar-refractivity contribution in [3.63, 3.8) is 0 Å². The van der Waals surface area contributed by atoms with Gasteiger partial charge in [-0.3, -0.25) is 0 Å². The molecule has 0 bridgehead atoms. The molecule has 1 N–H and O–H groups in total. The van der Waals surface area contributed by atoms with Gasteiger partial charge in [0.05, 0.1) is 6.10 Å². The van der Waals surface area contributed by atoms with Crippen molar-refractivity contribution >= 4 is 0 Å². The summed E-state index contributed by atoms with van der Waals surface area (Å²) in [5.74, 6) is 1.20. The van der Waals surface area contributed by atoms with E-state index in [2.05, 4.69) is 63.3 Å². The summed E-state index contributed by atoms with van der Waals surface area (Å²) in [7, 11) is 0. The van der Waals surface area contributed by atoms with E-state index in [1.807, 2.05) is 0 Å². The second-order valence-corrected chi connectivity index (χ2v) is 6.67. The summed E-state index contributed by atoms with van der Waals surface area (Å²) in [4.78, 5) is 0. The summed E-state index contributed by atoms with van der Waals surface area (Å²) in [6, 6.07) is 11.8. The maximum Gasteiger partial charge on any atom is 0.0612 e. The smallest absolute Gasteiger partial charge is 0.0612 e. The molecule has 1 aromatic rings. The zero-order valence-electron chi connectivity index (χ0n) is 13.3. The average Bonchev–Trinajstić information content (AvgIpc) is 2.45. The first-order chi connectivity index (χ1) is 9.58. The van der Waals surface area contributed by atoms with Crippen LogP contribution in [0.5, 0.6) is 0 Å². The number of nitrogens with one attached hydrogen (secondary N) is 1. The zero-order valence-corrected chi connectivity index (χ0v) is 13.3. The number of ether oxygens (including phenoxy) is 1. The number of rotatable bonds is 5. The molecule has 2 heteroatoms. The van der Waals surface area contributed by atoms with Crippen molar-refractivity contribution in [2.24, 2.45) is 11.8 Å². The highest BCUT2D eigenvalue weighted by Crippen LogP contribution is 2.26. The Morgan fingerprint density at radius 3 is 2.40 bits per heavy atom. The highest BCUT2D eigenvalue weighted by molar-refractivity contribution is 5.19. The van der Waals surface area contributed by atoms with Gasteiger partial charge >= 0.3 is 0 Å². The first-order valence-corrected chi connectivity index (χ1v) is 8.00. The van der Waals surface area contributed by atoms with Gasteiger partial charge in [0, 0.05) is 18.7 Å². The summed E-state index contributed by atoms with van der Waals surface area (Å²) in [6.45, 7) is 9.99. The van der Waals surface area contributed by atoms with Crippen molar-refractivity contribution in [3.05, 3.63) is 35.9 Å². The molecule has 0 amide bonds. The quantitative estimate of drug-likeness (QED) is 0.870. The van der Waals surface area contributed by atoms with Crippen LogP contribution in [0.25, 0.3) is 0 Å². The number of hydrogen-bond donors (Lipinski definition) is 1. The fourth-order valence-corrected chi connectivity index (χ4v) is 3.03. The third-order valence-corrected chi connectivity index (χ3v) is 4.30. The molecule has 1 aromatic carbocycles. The van der Waals surface area contributed by atoms with Gasteiger partial charge in [0.15, 0.2) is 0 Å². The van der Waals surface area contributed by atoms with Crippen LogP contribution in [0.2, 0.25) is 0 Å². The Morgan fingerprint density at radius 2 is 1.80 bits per heavy atom. The van der Waals surface area contributed by atoms with Crippen LogP contribution in [0.3, 0.4) is 0 Å². The zero-order chi connectivity index (χ0) is 14.5. The minimum atomic E-state index is 0.407. The average molecular weight is 275 g/mol. The molecule has 3 atom stereocenters. The van der Waals surface area contributed by atoms with Crippen LogP contribution in [0.15, 0.2) is 30.3 Å². The molecular formula is C18H29NO. The molecule has 2 rings (SSSR count). The van der Waals surface area contributed by atoms with Crippen molar-refractivity contribution in [1.82, 2.24) is 5.32 Å². The lowest BCUT2D eigenvalue weighted by atomic mass is 9.91. The standard InChI is InChI=1S/C18H29NO/c1-13(2)17-12-16(10-11-20-17)19-18(14(3)4)15-8-6-5-7-9-15/h5-9,13-14,16-19H,10-12H2,1-4H3. The molecule has 1 aliphatic heterocycles. The van der Waals surface area contributed by atoms with E-state index < -0.39 is 0 Å². The van der Waals surface area contributed by atoms with Crippen LogP contribution in [-0.4, -0.2) is 18.8 Å². The second-order valence-electron chi connectivity index (χ2n) is 6.67. The summed E-state index contributed by atoms with van der Waals surface area (Å²) < 4.78 is 5.88. The van der Waals surface area contributed by atoms with Crippen LogP contribution >= 0.6 is 0 Å². The van der Waals surface area contributed by atoms with Gasteiger partial charge in [-0.2, -0.15) is 0 Å². The predicted octanol–water partition coefficient (Wildman–Crippen LogP) is 4.18. The van der Waals surface area contributed by atoms with Gasteiger partial charge in [-0.05, 0) is 30.2 Å². The monoisotopic (exact) mass is 275 g/mol. The van der Waals surface area contributed by atoms with E-state index in [-0.39, 0.29) is 0 Å². The second kappa shape index (κ2) is 7.24. The van der Waals surface area contributed by atoms with Gasteiger partial charge in [-0.1, -0.05) is 58.0 Å². The molecule has 1 fully saturated rings. The van der Waals surface area contributed by atoms with Gasteiger partial charge in [0.2, 0.25) is 0 Å². The van der Waals surface area contributed by atoms with E-state index in [9.17, 15) is 0 Å². The van der Waals surface area contributed by atoms with E-state index in [1.165, 1.54) is 5.56 Å². The van der Waals surface area contributed by atoms with Crippen LogP contribution in [0.4, 0.5) is 0 Å². The molecule has 112 valence electrons. The molecule has 0 aromatic heterocycles. The Balaban J connectivity index is 2.02. The Morgan fingerprint density at radius 1 is 1.10 bits per heavy atom. The third kappa shape index (κ3) is 4.07. The van der Waals surface area contributed by atoms with Crippen LogP contribution < -0.4 is 5.32 Å². The van der Waals surface area contributed by atoms with E-state index in [4.69, 9.17) is 4.74 Å². The lowest BCUT2D eigenvalue weighted by Gasteiger charge is -2.36. The topological polar surface area (TPSA) is 21.3 Å². The SMILES string of the molecule is CC(C)C1CC(NC(c2ccccc2)C(C)C)CCO1. The summed E-state index contributed by atoms with van der Waals surface area (Å²) >= 11 is 0. The molecule has 0 saturated carbocycles. The third-order valence-electron chi connectivity index (χ3n) is 4.30. The molecule has 1 saturated heterocycles. The molecule has 3 unspecified atom stereocenters. The summed E-state index contributed by atoms with van der Waals surface area (Å²) in [5, 5.41) is 3.88. The molecular weight excluding hydrogens is 246 g/mol. The Hall–Kier alpha value is -0.860. The molecule has 20 heavy (non-hydrogen) atoms. The van der Waals surface area contributed by atoms with Gasteiger partial charge < -0.3 is 10.1 Å². The summed E-state index contributed by atoms with van der Waals surface area (Å²) in [5.41, 5.74) is 1.40. The van der Waals surface area contributed by atoms with Gasteiger partial charge in [0.1, 0.15) is 0 Å². The Bertz CT molecular complexity index is 388. The summed E-state index contributed by atoms with van der Waals surface area (Å²) in [6.07, 6.45) is 2.66. The maximum absolute atomic E-state index is 5.88. The first kappa shape index (κ1) is 15.5. The van der Waals surface area contributed by atoms with Gasteiger partial charge in [0.25, 0.3) is 0 Å². The number of benzene rings is 1. The fourth-order valence-electron chi connectivity index (χ4n) is 3.03. The van der Waals surface area contributed by atoms with Crippen molar-refractivity contribution in [1.29, 1.82) is 0 Å². The predicted molar refractivity (Wildman–Crippen MR) is 84.8 cm³/mol. The van der Waals surface area contributed by atoms with E-state index in [0.717, 1.165) is 19.4 Å². The molecule has 0 spiro atoms. The molecule has 0 radical (unpaired) electrons. The molecule has 1 aliphatic rings. The van der Waals surface area contributed by atoms with Crippen molar-refractivity contribution in [3.8, 4) is 0 Å². The Labute approximate surface area is 123 Å². The minimum Gasteiger partial charge on any atom is -0.378 e. The maximum atomic E-state index is 5.88. The highest BCUT2D eigenvalue weighted by atomic mass is 16.5. The van der Waals surface area contributed by atoms with E-state index >= 15 is 0 Å². The van der Waals surface area contributed by atoms with E-state index in [0.29, 0.717) is 30.0 Å². The van der Waals surface area contributed by atoms with Gasteiger partial charge in [-0.25, -0.2) is 0 Å². The van der Waals surface area contributed by atoms with Crippen LogP contribution in [0.1, 0.15) is 52.1 Å². The van der Waals surface area contributed by atoms with Gasteiger partial charge in [-0.15, -0.1) is 0 Å². The normalized spacial score (nSPS) is 25.1. The van der Waals surface area contributed by atoms with Crippen molar-refractivity contribution in [2.45, 2.75) is 58.7 Å². The lowest BCUT2D eigenvalue weighted by molar-refractivity contribution is -0.0268. The van der Waals surface area contributed by atoms with Crippen LogP contribution in [0, 0.1) is 11.8 Å². The first-order valence-electron chi connectivity index (χ1n) is 8.00. The highest BCUT2D eigenvalue weighted by Gasteiger charge is 2.27. The largest absolute Gasteiger partial charge is 0.378 e. The minimum absolute atomic E-state index is 0.407. The van der Waals surface area contributed by atoms with E-state index in [1.54, 1.807) is 0 Å². The molecule has 2 nitrogen and oxygen atoms in total. The molecule has 1 heterocycles. The number of hydrogen-bond acceptors (Lipinski definition) is 2. The van der Waals surface area contributed by atoms with Crippen LogP contribution in [-0.2, 0) is 4.74 Å². The molecule has 0 aliphatic carbocycles. The fraction of sp³-hybridized carbons (Fsp3) is 0.667. The van der Waals surface area contributed by atoms with Crippen molar-refractivity contribution < 1.29 is 4.74 Å². The lowest BCUT2D eigenvalue weighted by Crippen LogP contribution is -2.43. The Kier molecular flexibility index (Phi) is 5.62. The van der Waals surface area contributed by atoms with Crippen molar-refractivity contribution in [2.75, 3.05) is 6.61 Å².